The Labute approximate surface area is 251 Å². The number of hydrogen-bond donors (Lipinski definition) is 2. The molecule has 0 aliphatic carbocycles. The van der Waals surface area contributed by atoms with E-state index in [0.717, 1.165) is 5.56 Å². The summed E-state index contributed by atoms with van der Waals surface area (Å²) >= 11 is 5.94. The molecule has 0 radical (unpaired) electrons. The summed E-state index contributed by atoms with van der Waals surface area (Å²) in [6, 6.07) is 20.7. The Balaban J connectivity index is 1.52. The molecule has 0 saturated carbocycles. The van der Waals surface area contributed by atoms with Gasteiger partial charge >= 0.3 is 5.97 Å². The van der Waals surface area contributed by atoms with Crippen LogP contribution in [0.5, 0.6) is 0 Å². The lowest BCUT2D eigenvalue weighted by Gasteiger charge is -2.23. The zero-order chi connectivity index (χ0) is 31.1. The third-order valence-electron chi connectivity index (χ3n) is 6.54. The normalized spacial score (nSPS) is 12.2. The first-order valence-electron chi connectivity index (χ1n) is 13.0. The van der Waals surface area contributed by atoms with E-state index in [0.29, 0.717) is 22.7 Å². The summed E-state index contributed by atoms with van der Waals surface area (Å²) in [6.45, 7) is 0.0459. The highest BCUT2D eigenvalue weighted by molar-refractivity contribution is 7.89. The van der Waals surface area contributed by atoms with Gasteiger partial charge in [0.05, 0.1) is 11.3 Å². The van der Waals surface area contributed by atoms with E-state index in [-0.39, 0.29) is 29.1 Å². The fraction of sp³-hybridized carbons (Fsp3) is 0.161. The minimum atomic E-state index is -3.95. The maximum Gasteiger partial charge on any atom is 0.305 e. The van der Waals surface area contributed by atoms with Gasteiger partial charge < -0.3 is 10.4 Å². The van der Waals surface area contributed by atoms with Crippen LogP contribution in [0.1, 0.15) is 33.5 Å². The molecule has 43 heavy (non-hydrogen) atoms. The molecule has 1 atom stereocenters. The molecule has 0 aliphatic rings. The number of carbonyl (C=O) groups excluding carboxylic acids is 1. The highest BCUT2D eigenvalue weighted by Crippen LogP contribution is 2.23. The average molecular weight is 631 g/mol. The lowest BCUT2D eigenvalue weighted by atomic mass is 10.0. The minimum absolute atomic E-state index is 0.0290. The van der Waals surface area contributed by atoms with Gasteiger partial charge in [-0.1, -0.05) is 54.1 Å². The number of carbonyl (C=O) groups is 2. The van der Waals surface area contributed by atoms with Gasteiger partial charge in [0.15, 0.2) is 11.6 Å². The van der Waals surface area contributed by atoms with Crippen LogP contribution in [0.3, 0.4) is 0 Å². The Morgan fingerprint density at radius 3 is 2.00 bits per heavy atom. The number of carboxylic acids is 1. The summed E-state index contributed by atoms with van der Waals surface area (Å²) in [5, 5.41) is 12.2. The van der Waals surface area contributed by atoms with Crippen LogP contribution in [0.4, 0.5) is 13.2 Å². The van der Waals surface area contributed by atoms with Crippen molar-refractivity contribution in [1.82, 2.24) is 9.62 Å². The predicted octanol–water partition coefficient (Wildman–Crippen LogP) is 5.96. The van der Waals surface area contributed by atoms with Crippen molar-refractivity contribution in [2.45, 2.75) is 36.9 Å². The molecule has 0 bridgehead atoms. The standard InChI is InChI=1S/C31H26ClF3N2O5S/c32-24-10-12-26(13-11-24)43(41,42)37(18-20-4-2-1-3-5-20)19-21-6-8-22(9-7-21)31(40)36-25(16-30(38)39)14-23-15-28(34)29(35)17-27(23)33/h1-13,15,17,25H,14,16,18-19H2,(H,36,40)(H,38,39). The van der Waals surface area contributed by atoms with Crippen LogP contribution in [0, 0.1) is 17.5 Å². The van der Waals surface area contributed by atoms with Crippen LogP contribution in [0.15, 0.2) is 95.9 Å². The van der Waals surface area contributed by atoms with Crippen molar-refractivity contribution in [3.8, 4) is 0 Å². The number of nitrogens with zero attached hydrogens (tertiary/aromatic N) is 1. The largest absolute Gasteiger partial charge is 0.481 e. The molecule has 12 heteroatoms. The van der Waals surface area contributed by atoms with Crippen LogP contribution >= 0.6 is 11.6 Å². The zero-order valence-corrected chi connectivity index (χ0v) is 24.1. The van der Waals surface area contributed by atoms with Crippen LogP contribution in [0.2, 0.25) is 5.02 Å². The number of amides is 1. The van der Waals surface area contributed by atoms with Crippen molar-refractivity contribution in [2.75, 3.05) is 0 Å². The van der Waals surface area contributed by atoms with Crippen molar-refractivity contribution in [3.05, 3.63) is 136 Å². The molecule has 1 amide bonds. The molecule has 7 nitrogen and oxygen atoms in total. The van der Waals surface area contributed by atoms with Crippen molar-refractivity contribution in [3.63, 3.8) is 0 Å². The topological polar surface area (TPSA) is 104 Å². The van der Waals surface area contributed by atoms with Crippen molar-refractivity contribution >= 4 is 33.5 Å². The van der Waals surface area contributed by atoms with Crippen LogP contribution in [0.25, 0.3) is 0 Å². The first-order valence-corrected chi connectivity index (χ1v) is 14.8. The fourth-order valence-electron chi connectivity index (χ4n) is 4.37. The summed E-state index contributed by atoms with van der Waals surface area (Å²) in [6.07, 6.45) is -0.991. The number of halogens is 4. The van der Waals surface area contributed by atoms with Crippen molar-refractivity contribution < 1.29 is 36.3 Å². The Morgan fingerprint density at radius 1 is 0.814 bits per heavy atom. The van der Waals surface area contributed by atoms with Gasteiger partial charge in [-0.15, -0.1) is 0 Å². The van der Waals surface area contributed by atoms with Crippen LogP contribution < -0.4 is 5.32 Å². The second-order valence-electron chi connectivity index (χ2n) is 9.74. The molecule has 1 unspecified atom stereocenters. The second-order valence-corrected chi connectivity index (χ2v) is 12.1. The van der Waals surface area contributed by atoms with Gasteiger partial charge in [0.25, 0.3) is 5.91 Å². The molecule has 0 fully saturated rings. The van der Waals surface area contributed by atoms with E-state index < -0.39 is 58.2 Å². The van der Waals surface area contributed by atoms with E-state index in [1.54, 1.807) is 36.4 Å². The molecule has 0 spiro atoms. The molecule has 0 saturated heterocycles. The predicted molar refractivity (Wildman–Crippen MR) is 154 cm³/mol. The van der Waals surface area contributed by atoms with Gasteiger partial charge in [0.1, 0.15) is 5.82 Å². The van der Waals surface area contributed by atoms with Crippen LogP contribution in [-0.2, 0) is 34.3 Å². The molecule has 4 aromatic carbocycles. The molecule has 224 valence electrons. The first kappa shape index (κ1) is 31.7. The van der Waals surface area contributed by atoms with E-state index in [9.17, 15) is 36.3 Å². The van der Waals surface area contributed by atoms with E-state index in [4.69, 9.17) is 11.6 Å². The molecular formula is C31H26ClF3N2O5S. The lowest BCUT2D eigenvalue weighted by Crippen LogP contribution is -2.38. The van der Waals surface area contributed by atoms with Crippen molar-refractivity contribution in [1.29, 1.82) is 0 Å². The van der Waals surface area contributed by atoms with Gasteiger partial charge in [-0.05, 0) is 65.6 Å². The maximum absolute atomic E-state index is 14.2. The molecule has 4 rings (SSSR count). The molecule has 0 aliphatic heterocycles. The third kappa shape index (κ3) is 8.44. The zero-order valence-electron chi connectivity index (χ0n) is 22.5. The van der Waals surface area contributed by atoms with E-state index >= 15 is 0 Å². The Hall–Kier alpha value is -4.19. The lowest BCUT2D eigenvalue weighted by molar-refractivity contribution is -0.137. The van der Waals surface area contributed by atoms with E-state index in [1.807, 2.05) is 6.07 Å². The SMILES string of the molecule is O=C(O)CC(Cc1cc(F)c(F)cc1F)NC(=O)c1ccc(CN(Cc2ccccc2)S(=O)(=O)c2ccc(Cl)cc2)cc1. The quantitative estimate of drug-likeness (QED) is 0.188. The van der Waals surface area contributed by atoms with Gasteiger partial charge in [-0.2, -0.15) is 4.31 Å². The smallest absolute Gasteiger partial charge is 0.305 e. The van der Waals surface area contributed by atoms with Gasteiger partial charge in [-0.25, -0.2) is 21.6 Å². The molecule has 0 heterocycles. The van der Waals surface area contributed by atoms with Gasteiger partial charge in [0.2, 0.25) is 10.0 Å². The summed E-state index contributed by atoms with van der Waals surface area (Å²) < 4.78 is 69.5. The number of aliphatic carboxylic acids is 1. The van der Waals surface area contributed by atoms with E-state index in [1.165, 1.54) is 40.7 Å². The second kappa shape index (κ2) is 13.9. The maximum atomic E-state index is 14.2. The molecule has 0 aromatic heterocycles. The number of nitrogens with one attached hydrogen (secondary N) is 1. The van der Waals surface area contributed by atoms with Crippen molar-refractivity contribution in [2.24, 2.45) is 0 Å². The summed E-state index contributed by atoms with van der Waals surface area (Å²) in [5.41, 5.74) is 1.16. The highest BCUT2D eigenvalue weighted by atomic mass is 35.5. The molecular weight excluding hydrogens is 605 g/mol. The minimum Gasteiger partial charge on any atom is -0.481 e. The van der Waals surface area contributed by atoms with Gasteiger partial charge in [-0.3, -0.25) is 9.59 Å². The number of rotatable bonds is 12. The summed E-state index contributed by atoms with van der Waals surface area (Å²) in [4.78, 5) is 24.4. The monoisotopic (exact) mass is 630 g/mol. The average Bonchev–Trinajstić information content (AvgIpc) is 2.96. The van der Waals surface area contributed by atoms with Gasteiger partial charge in [0, 0.05) is 35.8 Å². The highest BCUT2D eigenvalue weighted by Gasteiger charge is 2.26. The number of sulfonamides is 1. The number of carboxylic acid groups (broad SMARTS) is 1. The number of benzene rings is 4. The summed E-state index contributed by atoms with van der Waals surface area (Å²) in [5.74, 6) is -5.73. The van der Waals surface area contributed by atoms with Crippen LogP contribution in [-0.4, -0.2) is 35.7 Å². The Kier molecular flexibility index (Phi) is 10.2. The van der Waals surface area contributed by atoms with E-state index in [2.05, 4.69) is 5.32 Å². The Bertz CT molecular complexity index is 1700. The Morgan fingerprint density at radius 2 is 1.40 bits per heavy atom. The first-order chi connectivity index (χ1) is 20.4. The third-order valence-corrected chi connectivity index (χ3v) is 8.60. The number of hydrogen-bond acceptors (Lipinski definition) is 4. The fourth-order valence-corrected chi connectivity index (χ4v) is 5.92. The molecule has 2 N–H and O–H groups in total. The summed E-state index contributed by atoms with van der Waals surface area (Å²) in [7, 11) is -3.95. The molecule has 4 aromatic rings.